The number of carbonyl (C=O) groups excluding carboxylic acids is 1. The van der Waals surface area contributed by atoms with Crippen molar-refractivity contribution in [3.8, 4) is 0 Å². The maximum absolute atomic E-state index is 11.5. The van der Waals surface area contributed by atoms with Gasteiger partial charge < -0.3 is 15.1 Å². The smallest absolute Gasteiger partial charge is 0.332 e. The van der Waals surface area contributed by atoms with Gasteiger partial charge in [-0.05, 0) is 0 Å². The highest BCUT2D eigenvalue weighted by Crippen LogP contribution is 2.17. The summed E-state index contributed by atoms with van der Waals surface area (Å²) < 4.78 is 0. The Morgan fingerprint density at radius 1 is 1.47 bits per heavy atom. The van der Waals surface area contributed by atoms with Crippen LogP contribution in [-0.4, -0.2) is 64.9 Å². The van der Waals surface area contributed by atoms with Gasteiger partial charge in [0.05, 0.1) is 6.10 Å². The second kappa shape index (κ2) is 4.45. The number of aliphatic carboxylic acids is 1. The number of carboxylic acid groups (broad SMARTS) is 1. The number of likely N-dealkylation sites (tertiary alicyclic amines) is 1. The predicted octanol–water partition coefficient (Wildman–Crippen LogP) is -1.31. The molecule has 0 saturated carbocycles. The lowest BCUT2D eigenvalue weighted by Crippen LogP contribution is -2.50. The molecule has 2 amide bonds. The highest BCUT2D eigenvalue weighted by atomic mass is 16.4. The van der Waals surface area contributed by atoms with Crippen LogP contribution in [0.4, 0.5) is 4.79 Å². The number of amides is 2. The van der Waals surface area contributed by atoms with Gasteiger partial charge in [-0.1, -0.05) is 0 Å². The molecule has 0 aliphatic carbocycles. The lowest BCUT2D eigenvalue weighted by Gasteiger charge is -2.23. The summed E-state index contributed by atoms with van der Waals surface area (Å²) in [6.45, 7) is 0.0522. The van der Waals surface area contributed by atoms with Gasteiger partial charge in [0, 0.05) is 27.1 Å². The van der Waals surface area contributed by atoms with Gasteiger partial charge in [-0.15, -0.1) is 0 Å². The molecular formula is C8H15N3O4. The molecule has 0 aromatic rings. The van der Waals surface area contributed by atoms with Crippen LogP contribution in [0.3, 0.4) is 0 Å². The first-order valence-electron chi connectivity index (χ1n) is 4.57. The van der Waals surface area contributed by atoms with E-state index in [0.717, 1.165) is 4.90 Å². The lowest BCUT2D eigenvalue weighted by molar-refractivity contribution is -0.141. The first-order chi connectivity index (χ1) is 6.91. The normalized spacial score (nSPS) is 25.7. The van der Waals surface area contributed by atoms with Crippen LogP contribution in [0, 0.1) is 0 Å². The Morgan fingerprint density at radius 2 is 2.07 bits per heavy atom. The summed E-state index contributed by atoms with van der Waals surface area (Å²) in [5.74, 6) is -1.10. The van der Waals surface area contributed by atoms with Crippen molar-refractivity contribution in [1.29, 1.82) is 0 Å². The van der Waals surface area contributed by atoms with Crippen molar-refractivity contribution in [1.82, 2.24) is 15.3 Å². The maximum Gasteiger partial charge on any atom is 0.332 e. The van der Waals surface area contributed by atoms with Crippen molar-refractivity contribution in [2.75, 3.05) is 20.6 Å². The number of urea groups is 1. The van der Waals surface area contributed by atoms with Crippen molar-refractivity contribution in [3.63, 3.8) is 0 Å². The van der Waals surface area contributed by atoms with Crippen molar-refractivity contribution in [2.24, 2.45) is 0 Å². The summed E-state index contributed by atoms with van der Waals surface area (Å²) in [4.78, 5) is 23.4. The number of nitrogens with zero attached hydrogens (tertiary/aromatic N) is 2. The van der Waals surface area contributed by atoms with E-state index in [1.807, 2.05) is 0 Å². The zero-order chi connectivity index (χ0) is 11.6. The quantitative estimate of drug-likeness (QED) is 0.499. The molecule has 7 nitrogen and oxygen atoms in total. The fourth-order valence-corrected chi connectivity index (χ4v) is 1.53. The Kier molecular flexibility index (Phi) is 3.48. The minimum absolute atomic E-state index is 0.0522. The third kappa shape index (κ3) is 2.80. The van der Waals surface area contributed by atoms with E-state index in [9.17, 15) is 14.7 Å². The van der Waals surface area contributed by atoms with Gasteiger partial charge in [-0.3, -0.25) is 5.43 Å². The third-order valence-corrected chi connectivity index (χ3v) is 2.14. The lowest BCUT2D eigenvalue weighted by atomic mass is 10.2. The Bertz CT molecular complexity index is 269. The van der Waals surface area contributed by atoms with Crippen molar-refractivity contribution >= 4 is 12.0 Å². The average molecular weight is 217 g/mol. The maximum atomic E-state index is 11.5. The molecule has 1 fully saturated rings. The van der Waals surface area contributed by atoms with Crippen LogP contribution in [-0.2, 0) is 4.79 Å². The summed E-state index contributed by atoms with van der Waals surface area (Å²) in [5.41, 5.74) is 2.44. The molecule has 1 aliphatic heterocycles. The van der Waals surface area contributed by atoms with Crippen molar-refractivity contribution < 1.29 is 19.8 Å². The van der Waals surface area contributed by atoms with E-state index < -0.39 is 24.1 Å². The predicted molar refractivity (Wildman–Crippen MR) is 51.0 cm³/mol. The van der Waals surface area contributed by atoms with E-state index in [0.29, 0.717) is 0 Å². The molecule has 0 unspecified atom stereocenters. The summed E-state index contributed by atoms with van der Waals surface area (Å²) >= 11 is 0. The van der Waals surface area contributed by atoms with Crippen LogP contribution in [0.2, 0.25) is 0 Å². The second-order valence-corrected chi connectivity index (χ2v) is 3.71. The van der Waals surface area contributed by atoms with Crippen LogP contribution >= 0.6 is 0 Å². The number of hydrogen-bond acceptors (Lipinski definition) is 4. The van der Waals surface area contributed by atoms with Crippen LogP contribution in [0.15, 0.2) is 0 Å². The van der Waals surface area contributed by atoms with Crippen molar-refractivity contribution in [3.05, 3.63) is 0 Å². The molecule has 0 aromatic heterocycles. The first kappa shape index (κ1) is 11.7. The van der Waals surface area contributed by atoms with Gasteiger partial charge in [-0.2, -0.15) is 0 Å². The summed E-state index contributed by atoms with van der Waals surface area (Å²) in [6.07, 6.45) is -0.685. The minimum atomic E-state index is -1.10. The fraction of sp³-hybridized carbons (Fsp3) is 0.750. The average Bonchev–Trinajstić information content (AvgIpc) is 2.46. The van der Waals surface area contributed by atoms with Gasteiger partial charge in [0.1, 0.15) is 6.04 Å². The summed E-state index contributed by atoms with van der Waals surface area (Å²) in [5, 5.41) is 19.6. The summed E-state index contributed by atoms with van der Waals surface area (Å²) in [6, 6.07) is -1.45. The van der Waals surface area contributed by atoms with Gasteiger partial charge >= 0.3 is 12.0 Å². The minimum Gasteiger partial charge on any atom is -0.480 e. The molecule has 2 atom stereocenters. The number of β-amino-alcohol motifs (C(OH)–C–C–N with tert-alkyl or cyclic N) is 1. The molecule has 0 spiro atoms. The summed E-state index contributed by atoms with van der Waals surface area (Å²) in [7, 11) is 3.25. The Balaban J connectivity index is 2.66. The van der Waals surface area contributed by atoms with E-state index in [1.165, 1.54) is 5.01 Å². The molecule has 1 heterocycles. The molecule has 86 valence electrons. The molecule has 0 aromatic carbocycles. The molecule has 1 aliphatic rings. The number of carboxylic acids is 1. The van der Waals surface area contributed by atoms with Gasteiger partial charge in [0.25, 0.3) is 0 Å². The third-order valence-electron chi connectivity index (χ3n) is 2.14. The fourth-order valence-electron chi connectivity index (χ4n) is 1.53. The van der Waals surface area contributed by atoms with Crippen molar-refractivity contribution in [2.45, 2.75) is 18.6 Å². The van der Waals surface area contributed by atoms with E-state index in [1.54, 1.807) is 14.1 Å². The largest absolute Gasteiger partial charge is 0.480 e. The number of rotatable bonds is 2. The van der Waals surface area contributed by atoms with Gasteiger partial charge in [-0.25, -0.2) is 14.6 Å². The first-order valence-corrected chi connectivity index (χ1v) is 4.57. The van der Waals surface area contributed by atoms with Crippen LogP contribution in [0.25, 0.3) is 0 Å². The molecule has 7 heteroatoms. The highest BCUT2D eigenvalue weighted by Gasteiger charge is 2.39. The second-order valence-electron chi connectivity index (χ2n) is 3.71. The number of aliphatic hydroxyl groups excluding tert-OH is 1. The standard InChI is InChI=1S/C8H15N3O4/c1-10(2)9-8(15)11-4-5(12)3-6(11)7(13)14/h5-6,12H,3-4H2,1-2H3,(H,9,15)(H,13,14)/t5-,6+/m1/s1. The number of aliphatic hydroxyl groups is 1. The van der Waals surface area contributed by atoms with Gasteiger partial charge in [0.15, 0.2) is 0 Å². The molecule has 3 N–H and O–H groups in total. The molecule has 0 bridgehead atoms. The van der Waals surface area contributed by atoms with Crippen LogP contribution in [0.1, 0.15) is 6.42 Å². The SMILES string of the molecule is CN(C)NC(=O)N1C[C@H](O)C[C@H]1C(=O)O. The number of carbonyl (C=O) groups is 2. The van der Waals surface area contributed by atoms with Crippen LogP contribution < -0.4 is 5.43 Å². The Hall–Kier alpha value is -1.34. The van der Waals surface area contributed by atoms with E-state index in [2.05, 4.69) is 5.43 Å². The number of nitrogens with one attached hydrogen (secondary N) is 1. The zero-order valence-electron chi connectivity index (χ0n) is 8.67. The van der Waals surface area contributed by atoms with Crippen LogP contribution in [0.5, 0.6) is 0 Å². The zero-order valence-corrected chi connectivity index (χ0v) is 8.67. The molecular weight excluding hydrogens is 202 g/mol. The molecule has 1 rings (SSSR count). The highest BCUT2D eigenvalue weighted by molar-refractivity contribution is 5.83. The Labute approximate surface area is 87.2 Å². The number of hydrogen-bond donors (Lipinski definition) is 3. The monoisotopic (exact) mass is 217 g/mol. The van der Waals surface area contributed by atoms with Gasteiger partial charge in [0.2, 0.25) is 0 Å². The molecule has 1 saturated heterocycles. The molecule has 0 radical (unpaired) electrons. The van der Waals surface area contributed by atoms with E-state index in [4.69, 9.17) is 5.11 Å². The number of hydrazine groups is 1. The van der Waals surface area contributed by atoms with E-state index >= 15 is 0 Å². The molecule has 15 heavy (non-hydrogen) atoms. The topological polar surface area (TPSA) is 93.1 Å². The van der Waals surface area contributed by atoms with E-state index in [-0.39, 0.29) is 13.0 Å². The Morgan fingerprint density at radius 3 is 2.53 bits per heavy atom.